The van der Waals surface area contributed by atoms with E-state index in [1.807, 2.05) is 6.07 Å². The molecule has 3 unspecified atom stereocenters. The van der Waals surface area contributed by atoms with Crippen LogP contribution in [-0.4, -0.2) is 50.4 Å². The number of nitrogens with two attached hydrogens (primary N) is 1. The van der Waals surface area contributed by atoms with Gasteiger partial charge in [0.15, 0.2) is 0 Å². The third-order valence-electron chi connectivity index (χ3n) is 7.11. The van der Waals surface area contributed by atoms with Crippen molar-refractivity contribution in [3.05, 3.63) is 53.6 Å². The molecule has 0 bridgehead atoms. The van der Waals surface area contributed by atoms with Crippen LogP contribution >= 0.6 is 0 Å². The van der Waals surface area contributed by atoms with E-state index in [9.17, 15) is 8.42 Å². The van der Waals surface area contributed by atoms with Gasteiger partial charge in [0.05, 0.1) is 12.0 Å². The van der Waals surface area contributed by atoms with E-state index in [4.69, 9.17) is 10.5 Å². The van der Waals surface area contributed by atoms with Crippen molar-refractivity contribution in [2.75, 3.05) is 32.5 Å². The van der Waals surface area contributed by atoms with Crippen LogP contribution in [0.1, 0.15) is 36.4 Å². The molecule has 0 amide bonds. The number of ether oxygens (including phenoxy) is 1. The third kappa shape index (κ3) is 3.29. The summed E-state index contributed by atoms with van der Waals surface area (Å²) in [5, 5.41) is 0. The third-order valence-corrected chi connectivity index (χ3v) is 9.04. The Balaban J connectivity index is 1.47. The first-order chi connectivity index (χ1) is 14.5. The fourth-order valence-corrected chi connectivity index (χ4v) is 7.33. The van der Waals surface area contributed by atoms with Crippen LogP contribution in [0.25, 0.3) is 0 Å². The molecule has 2 saturated heterocycles. The maximum absolute atomic E-state index is 13.5. The molecule has 30 heavy (non-hydrogen) atoms. The van der Waals surface area contributed by atoms with Gasteiger partial charge in [-0.15, -0.1) is 0 Å². The van der Waals surface area contributed by atoms with Gasteiger partial charge in [0.2, 0.25) is 10.0 Å². The second-order valence-electron chi connectivity index (χ2n) is 8.72. The summed E-state index contributed by atoms with van der Waals surface area (Å²) in [4.78, 5) is 2.91. The Morgan fingerprint density at radius 3 is 2.67 bits per heavy atom. The highest BCUT2D eigenvalue weighted by Gasteiger charge is 2.46. The standard InChI is InChI=1S/C23H29N3O3S/c1-29-19-6-9-21-16(13-19)10-12-25-15-17-3-2-11-26(22(17)14-23(21)25)30(27,28)20-7-4-18(24)5-8-20/h4-9,13,17,22-23H,2-3,10-12,14-15,24H2,1H3. The zero-order chi connectivity index (χ0) is 20.9. The number of anilines is 1. The van der Waals surface area contributed by atoms with Gasteiger partial charge in [-0.05, 0) is 79.1 Å². The maximum atomic E-state index is 13.5. The molecule has 0 saturated carbocycles. The van der Waals surface area contributed by atoms with Crippen LogP contribution in [-0.2, 0) is 16.4 Å². The second-order valence-corrected chi connectivity index (χ2v) is 10.6. The molecule has 6 nitrogen and oxygen atoms in total. The monoisotopic (exact) mass is 427 g/mol. The molecule has 3 heterocycles. The van der Waals surface area contributed by atoms with E-state index in [0.29, 0.717) is 23.0 Å². The van der Waals surface area contributed by atoms with Crippen molar-refractivity contribution >= 4 is 15.7 Å². The number of nitrogen functional groups attached to an aromatic ring is 1. The van der Waals surface area contributed by atoms with Crippen LogP contribution in [0.5, 0.6) is 5.75 Å². The van der Waals surface area contributed by atoms with Gasteiger partial charge < -0.3 is 10.5 Å². The van der Waals surface area contributed by atoms with Gasteiger partial charge in [0.1, 0.15) is 5.75 Å². The smallest absolute Gasteiger partial charge is 0.243 e. The number of methoxy groups -OCH3 is 1. The molecule has 2 N–H and O–H groups in total. The summed E-state index contributed by atoms with van der Waals surface area (Å²) in [6.45, 7) is 2.59. The Morgan fingerprint density at radius 2 is 1.90 bits per heavy atom. The molecule has 0 radical (unpaired) electrons. The highest BCUT2D eigenvalue weighted by atomic mass is 32.2. The van der Waals surface area contributed by atoms with Crippen molar-refractivity contribution in [1.29, 1.82) is 0 Å². The first kappa shape index (κ1) is 19.8. The minimum Gasteiger partial charge on any atom is -0.497 e. The van der Waals surface area contributed by atoms with Crippen molar-refractivity contribution < 1.29 is 13.2 Å². The minimum absolute atomic E-state index is 0.0376. The summed E-state index contributed by atoms with van der Waals surface area (Å²) < 4.78 is 34.2. The Kier molecular flexibility index (Phi) is 5.00. The average molecular weight is 428 g/mol. The number of rotatable bonds is 3. The van der Waals surface area contributed by atoms with Crippen molar-refractivity contribution in [3.8, 4) is 5.75 Å². The predicted octanol–water partition coefficient (Wildman–Crippen LogP) is 3.05. The van der Waals surface area contributed by atoms with Crippen LogP contribution in [0.2, 0.25) is 0 Å². The molecule has 3 aliphatic heterocycles. The summed E-state index contributed by atoms with van der Waals surface area (Å²) in [6.07, 6.45) is 3.88. The molecular formula is C23H29N3O3S. The molecule has 0 aromatic heterocycles. The number of benzene rings is 2. The predicted molar refractivity (Wildman–Crippen MR) is 117 cm³/mol. The molecule has 0 aliphatic carbocycles. The van der Waals surface area contributed by atoms with Gasteiger partial charge >= 0.3 is 0 Å². The van der Waals surface area contributed by atoms with Gasteiger partial charge in [0.25, 0.3) is 0 Å². The lowest BCUT2D eigenvalue weighted by atomic mass is 9.77. The fraction of sp³-hybridized carbons (Fsp3) is 0.478. The molecule has 2 aromatic carbocycles. The van der Waals surface area contributed by atoms with E-state index in [2.05, 4.69) is 17.0 Å². The zero-order valence-electron chi connectivity index (χ0n) is 17.3. The Hall–Kier alpha value is -2.09. The second kappa shape index (κ2) is 7.55. The molecule has 2 aromatic rings. The summed E-state index contributed by atoms with van der Waals surface area (Å²) in [7, 11) is -1.84. The van der Waals surface area contributed by atoms with Crippen molar-refractivity contribution in [1.82, 2.24) is 9.21 Å². The average Bonchev–Trinajstić information content (AvgIpc) is 2.77. The molecule has 3 atom stereocenters. The van der Waals surface area contributed by atoms with E-state index >= 15 is 0 Å². The van der Waals surface area contributed by atoms with Crippen LogP contribution < -0.4 is 10.5 Å². The van der Waals surface area contributed by atoms with E-state index in [0.717, 1.165) is 44.5 Å². The van der Waals surface area contributed by atoms with Crippen LogP contribution in [0, 0.1) is 5.92 Å². The van der Waals surface area contributed by atoms with Gasteiger partial charge in [-0.25, -0.2) is 8.42 Å². The van der Waals surface area contributed by atoms with Crippen LogP contribution in [0.4, 0.5) is 5.69 Å². The Labute approximate surface area is 178 Å². The Morgan fingerprint density at radius 1 is 1.10 bits per heavy atom. The van der Waals surface area contributed by atoms with Gasteiger partial charge in [-0.1, -0.05) is 6.07 Å². The largest absolute Gasteiger partial charge is 0.497 e. The van der Waals surface area contributed by atoms with Gasteiger partial charge in [0, 0.05) is 37.4 Å². The maximum Gasteiger partial charge on any atom is 0.243 e. The number of hydrogen-bond donors (Lipinski definition) is 1. The Bertz CT molecular complexity index is 1040. The number of fused-ring (bicyclic) bond motifs is 4. The summed E-state index contributed by atoms with van der Waals surface area (Å²) in [5.74, 6) is 1.28. The lowest BCUT2D eigenvalue weighted by Crippen LogP contribution is -2.57. The molecular weight excluding hydrogens is 398 g/mol. The quantitative estimate of drug-likeness (QED) is 0.762. The summed E-state index contributed by atoms with van der Waals surface area (Å²) in [5.41, 5.74) is 9.01. The normalized spacial score (nSPS) is 27.0. The highest BCUT2D eigenvalue weighted by molar-refractivity contribution is 7.89. The first-order valence-electron chi connectivity index (χ1n) is 10.8. The van der Waals surface area contributed by atoms with Crippen LogP contribution in [0.15, 0.2) is 47.4 Å². The van der Waals surface area contributed by atoms with Crippen molar-refractivity contribution in [3.63, 3.8) is 0 Å². The molecule has 3 aliphatic rings. The van der Waals surface area contributed by atoms with E-state index in [1.165, 1.54) is 11.1 Å². The number of hydrogen-bond acceptors (Lipinski definition) is 5. The number of nitrogens with zero attached hydrogens (tertiary/aromatic N) is 2. The van der Waals surface area contributed by atoms with E-state index in [-0.39, 0.29) is 12.1 Å². The topological polar surface area (TPSA) is 75.9 Å². The molecule has 5 rings (SSSR count). The van der Waals surface area contributed by atoms with Crippen LogP contribution in [0.3, 0.4) is 0 Å². The number of piperidine rings is 2. The van der Waals surface area contributed by atoms with E-state index in [1.54, 1.807) is 35.7 Å². The van der Waals surface area contributed by atoms with Crippen molar-refractivity contribution in [2.24, 2.45) is 5.92 Å². The number of sulfonamides is 1. The van der Waals surface area contributed by atoms with Gasteiger partial charge in [-0.3, -0.25) is 4.90 Å². The van der Waals surface area contributed by atoms with Gasteiger partial charge in [-0.2, -0.15) is 4.31 Å². The lowest BCUT2D eigenvalue weighted by molar-refractivity contribution is 0.0219. The molecule has 160 valence electrons. The summed E-state index contributed by atoms with van der Waals surface area (Å²) >= 11 is 0. The van der Waals surface area contributed by atoms with E-state index < -0.39 is 10.0 Å². The first-order valence-corrected chi connectivity index (χ1v) is 12.2. The summed E-state index contributed by atoms with van der Waals surface area (Å²) in [6, 6.07) is 13.2. The van der Waals surface area contributed by atoms with Crippen molar-refractivity contribution in [2.45, 2.75) is 42.7 Å². The SMILES string of the molecule is COc1ccc2c(c1)CCN1CC3CCCN(S(=O)(=O)c4ccc(N)cc4)C3CC21. The molecule has 7 heteroatoms. The minimum atomic E-state index is -3.54. The zero-order valence-corrected chi connectivity index (χ0v) is 18.1. The highest BCUT2D eigenvalue weighted by Crippen LogP contribution is 2.44. The molecule has 2 fully saturated rings. The fourth-order valence-electron chi connectivity index (χ4n) is 5.59. The lowest BCUT2D eigenvalue weighted by Gasteiger charge is -2.51. The molecule has 0 spiro atoms.